The number of esters is 3. The quantitative estimate of drug-likeness (QED) is 0.00886. The van der Waals surface area contributed by atoms with Crippen LogP contribution in [0.1, 0.15) is 291 Å². The fourth-order valence-corrected chi connectivity index (χ4v) is 13.6. The summed E-state index contributed by atoms with van der Waals surface area (Å²) in [5.41, 5.74) is 0. The summed E-state index contributed by atoms with van der Waals surface area (Å²) in [6, 6.07) is 0. The van der Waals surface area contributed by atoms with E-state index in [0.717, 1.165) is 96.3 Å². The molecule has 0 spiro atoms. The smallest absolute Gasteiger partial charge is 0.463 e. The van der Waals surface area contributed by atoms with Crippen LogP contribution in [0, 0.1) is 5.92 Å². The van der Waals surface area contributed by atoms with Crippen molar-refractivity contribution >= 4 is 25.7 Å². The van der Waals surface area contributed by atoms with Crippen molar-refractivity contribution in [3.63, 3.8) is 0 Å². The fourth-order valence-electron chi connectivity index (χ4n) is 12.6. The van der Waals surface area contributed by atoms with Crippen LogP contribution in [0.3, 0.4) is 0 Å². The van der Waals surface area contributed by atoms with Crippen molar-refractivity contribution in [2.45, 2.75) is 395 Å². The van der Waals surface area contributed by atoms with Gasteiger partial charge in [0, 0.05) is 19.3 Å². The normalized spacial score (nSPS) is 28.2. The van der Waals surface area contributed by atoms with Crippen LogP contribution >= 0.6 is 7.82 Å². The Kier molecular flexibility index (Phi) is 49.0. The van der Waals surface area contributed by atoms with Gasteiger partial charge in [-0.25, -0.2) is 4.57 Å². The SMILES string of the molecule is CCCCCCCCC/C=C\CCCCCC(=O)OCC(COP(=O)(O)OC1C(OC2OC(CO)C(O)C(O)C2O)C(O)C(O)C(O)C1OC1OC(COC(=O)CCCCCCCCCCCCCC)C(O)C(O)C1O)OC(=O)CCCCCCCCC(C)CCCCCCCC. The molecule has 1 saturated carbocycles. The Hall–Kier alpha value is -2.30. The highest BCUT2D eigenvalue weighted by atomic mass is 31.2. The molecular formula is C72H133O24P. The largest absolute Gasteiger partial charge is 0.472 e. The molecule has 570 valence electrons. The van der Waals surface area contributed by atoms with Crippen LogP contribution < -0.4 is 0 Å². The summed E-state index contributed by atoms with van der Waals surface area (Å²) in [5.74, 6) is -1.32. The first kappa shape index (κ1) is 88.9. The summed E-state index contributed by atoms with van der Waals surface area (Å²) in [4.78, 5) is 51.0. The van der Waals surface area contributed by atoms with Crippen molar-refractivity contribution in [1.82, 2.24) is 0 Å². The highest BCUT2D eigenvalue weighted by Gasteiger charge is 2.58. The summed E-state index contributed by atoms with van der Waals surface area (Å²) in [7, 11) is -5.70. The maximum atomic E-state index is 14.3. The number of hydrogen-bond donors (Lipinski definition) is 11. The predicted molar refractivity (Wildman–Crippen MR) is 365 cm³/mol. The Bertz CT molecular complexity index is 2080. The lowest BCUT2D eigenvalue weighted by Gasteiger charge is -2.49. The van der Waals surface area contributed by atoms with Crippen molar-refractivity contribution in [2.75, 3.05) is 26.4 Å². The Morgan fingerprint density at radius 1 is 0.423 bits per heavy atom. The van der Waals surface area contributed by atoms with E-state index in [4.69, 9.17) is 42.2 Å². The molecule has 19 unspecified atom stereocenters. The van der Waals surface area contributed by atoms with Crippen LogP contribution in [0.2, 0.25) is 0 Å². The van der Waals surface area contributed by atoms with E-state index in [2.05, 4.69) is 39.8 Å². The van der Waals surface area contributed by atoms with Gasteiger partial charge in [-0.05, 0) is 50.9 Å². The molecule has 2 aliphatic heterocycles. The molecule has 3 rings (SSSR count). The molecule has 0 amide bonds. The summed E-state index contributed by atoms with van der Waals surface area (Å²) in [5, 5.41) is 110. The van der Waals surface area contributed by atoms with Gasteiger partial charge in [0.05, 0.1) is 13.2 Å². The monoisotopic (exact) mass is 1410 g/mol. The number of allylic oxidation sites excluding steroid dienone is 2. The second-order valence-corrected chi connectivity index (χ2v) is 29.0. The number of carbonyl (C=O) groups excluding carboxylic acids is 3. The van der Waals surface area contributed by atoms with Crippen molar-refractivity contribution in [1.29, 1.82) is 0 Å². The van der Waals surface area contributed by atoms with Gasteiger partial charge in [0.25, 0.3) is 0 Å². The Balaban J connectivity index is 1.75. The van der Waals surface area contributed by atoms with Gasteiger partial charge in [-0.1, -0.05) is 239 Å². The third-order valence-electron chi connectivity index (χ3n) is 18.9. The van der Waals surface area contributed by atoms with Gasteiger partial charge in [-0.3, -0.25) is 23.4 Å². The highest BCUT2D eigenvalue weighted by molar-refractivity contribution is 7.47. The lowest BCUT2D eigenvalue weighted by Crippen LogP contribution is -2.69. The molecule has 25 heteroatoms. The maximum absolute atomic E-state index is 14.3. The van der Waals surface area contributed by atoms with E-state index in [-0.39, 0.29) is 19.3 Å². The molecule has 0 radical (unpaired) electrons. The zero-order chi connectivity index (χ0) is 71.2. The van der Waals surface area contributed by atoms with Gasteiger partial charge in [0.2, 0.25) is 0 Å². The van der Waals surface area contributed by atoms with Gasteiger partial charge in [-0.15, -0.1) is 0 Å². The lowest BCUT2D eigenvalue weighted by atomic mass is 9.84. The summed E-state index contributed by atoms with van der Waals surface area (Å²) in [6.07, 6.45) is 10.1. The summed E-state index contributed by atoms with van der Waals surface area (Å²) in [6.45, 7) is 5.74. The van der Waals surface area contributed by atoms with E-state index in [0.29, 0.717) is 25.2 Å². The van der Waals surface area contributed by atoms with E-state index >= 15 is 0 Å². The topological polar surface area (TPSA) is 374 Å². The van der Waals surface area contributed by atoms with Crippen LogP contribution in [-0.2, 0) is 61.2 Å². The molecule has 19 atom stereocenters. The standard InChI is InChI=1S/C72H133O24P/c1-5-8-11-14-17-19-21-23-24-26-28-29-35-40-45-56(74)88-49-53(91-58(76)47-42-37-32-31-34-39-44-52(4)43-38-33-16-13-10-7-3)50-90-97(86,87)96-70-68(94-71-66(84)61(79)59(77)54(48-73)92-71)64(82)63(81)65(83)69(70)95-72-67(85)62(80)60(78)55(93-72)51-89-57(75)46-41-36-30-27-25-22-20-18-15-12-9-6-2/h24,26,52-55,59-73,77-85H,5-23,25,27-51H2,1-4H3,(H,86,87)/b26-24-. The Morgan fingerprint density at radius 3 is 1.23 bits per heavy atom. The summed E-state index contributed by atoms with van der Waals surface area (Å²) < 4.78 is 65.0. The number of phosphoric ester groups is 1. The van der Waals surface area contributed by atoms with Gasteiger partial charge in [0.15, 0.2) is 18.7 Å². The maximum Gasteiger partial charge on any atom is 0.472 e. The zero-order valence-corrected chi connectivity index (χ0v) is 60.4. The molecule has 2 heterocycles. The third kappa shape index (κ3) is 37.1. The van der Waals surface area contributed by atoms with Gasteiger partial charge in [0.1, 0.15) is 98.7 Å². The molecule has 2 saturated heterocycles. The van der Waals surface area contributed by atoms with Crippen molar-refractivity contribution < 1.29 is 117 Å². The second-order valence-electron chi connectivity index (χ2n) is 27.6. The molecule has 3 fully saturated rings. The van der Waals surface area contributed by atoms with Crippen LogP contribution in [-0.4, -0.2) is 204 Å². The zero-order valence-electron chi connectivity index (χ0n) is 59.5. The molecule has 97 heavy (non-hydrogen) atoms. The van der Waals surface area contributed by atoms with Gasteiger partial charge in [-0.2, -0.15) is 0 Å². The third-order valence-corrected chi connectivity index (χ3v) is 19.9. The molecule has 11 N–H and O–H groups in total. The Morgan fingerprint density at radius 2 is 0.784 bits per heavy atom. The van der Waals surface area contributed by atoms with Crippen molar-refractivity contribution in [2.24, 2.45) is 5.92 Å². The minimum absolute atomic E-state index is 0.0269. The first-order valence-electron chi connectivity index (χ1n) is 37.9. The molecule has 24 nitrogen and oxygen atoms in total. The number of aliphatic hydroxyl groups excluding tert-OH is 10. The van der Waals surface area contributed by atoms with Crippen molar-refractivity contribution in [3.8, 4) is 0 Å². The molecule has 0 aromatic heterocycles. The van der Waals surface area contributed by atoms with Gasteiger partial charge < -0.3 is 89.1 Å². The number of carbonyl (C=O) groups is 3. The average Bonchev–Trinajstić information content (AvgIpc) is 0.767. The average molecular weight is 1410 g/mol. The predicted octanol–water partition coefficient (Wildman–Crippen LogP) is 10.2. The minimum Gasteiger partial charge on any atom is -0.463 e. The number of aliphatic hydroxyl groups is 10. The number of ether oxygens (including phenoxy) is 7. The molecule has 3 aliphatic rings. The van der Waals surface area contributed by atoms with Crippen LogP contribution in [0.25, 0.3) is 0 Å². The lowest BCUT2D eigenvalue weighted by molar-refractivity contribution is -0.360. The number of phosphoric acid groups is 1. The molecular weight excluding hydrogens is 1280 g/mol. The highest BCUT2D eigenvalue weighted by Crippen LogP contribution is 2.49. The number of unbranched alkanes of at least 4 members (excludes halogenated alkanes) is 31. The summed E-state index contributed by atoms with van der Waals surface area (Å²) >= 11 is 0. The molecule has 1 aliphatic carbocycles. The second kappa shape index (κ2) is 53.5. The van der Waals surface area contributed by atoms with Crippen LogP contribution in [0.5, 0.6) is 0 Å². The van der Waals surface area contributed by atoms with E-state index in [1.807, 2.05) is 0 Å². The van der Waals surface area contributed by atoms with E-state index < -0.39 is 156 Å². The number of hydrogen-bond acceptors (Lipinski definition) is 23. The molecule has 0 aromatic rings. The first-order chi connectivity index (χ1) is 46.7. The first-order valence-corrected chi connectivity index (χ1v) is 39.4. The number of rotatable bonds is 58. The molecule has 0 aromatic carbocycles. The van der Waals surface area contributed by atoms with E-state index in [1.165, 1.54) is 128 Å². The van der Waals surface area contributed by atoms with E-state index in [1.54, 1.807) is 0 Å². The fraction of sp³-hybridized carbons (Fsp3) is 0.931. The Labute approximate surface area is 580 Å². The van der Waals surface area contributed by atoms with Crippen LogP contribution in [0.15, 0.2) is 12.2 Å². The van der Waals surface area contributed by atoms with Crippen LogP contribution in [0.4, 0.5) is 0 Å². The van der Waals surface area contributed by atoms with E-state index in [9.17, 15) is 74.9 Å². The minimum atomic E-state index is -5.70. The van der Waals surface area contributed by atoms with Crippen molar-refractivity contribution in [3.05, 3.63) is 12.2 Å². The van der Waals surface area contributed by atoms with Gasteiger partial charge >= 0.3 is 25.7 Å². The molecule has 0 bridgehead atoms.